The van der Waals surface area contributed by atoms with Crippen LogP contribution in [-0.2, 0) is 10.0 Å². The second-order valence-electron chi connectivity index (χ2n) is 7.30. The van der Waals surface area contributed by atoms with Crippen molar-refractivity contribution in [3.8, 4) is 0 Å². The van der Waals surface area contributed by atoms with Crippen LogP contribution >= 0.6 is 0 Å². The van der Waals surface area contributed by atoms with Crippen molar-refractivity contribution in [3.63, 3.8) is 0 Å². The van der Waals surface area contributed by atoms with Crippen LogP contribution in [0.3, 0.4) is 0 Å². The van der Waals surface area contributed by atoms with Crippen molar-refractivity contribution < 1.29 is 13.2 Å². The standard InChI is InChI=1S/C20H24N4O3S/c1-11(2)18(19-22-15-7-5-6-8-16(15)23-19)24-20(25)14-9-12(3)13(4)17(10-14)28(21,26)27/h5-11,18H,1-4H3,(H,22,23)(H,24,25)(H2,21,26,27). The highest BCUT2D eigenvalue weighted by Gasteiger charge is 2.24. The first-order chi connectivity index (χ1) is 13.1. The summed E-state index contributed by atoms with van der Waals surface area (Å²) in [5.74, 6) is 0.334. The lowest BCUT2D eigenvalue weighted by Gasteiger charge is -2.21. The number of aromatic nitrogens is 2. The van der Waals surface area contributed by atoms with E-state index < -0.39 is 10.0 Å². The number of nitrogens with one attached hydrogen (secondary N) is 2. The third kappa shape index (κ3) is 3.93. The van der Waals surface area contributed by atoms with Crippen LogP contribution in [0.15, 0.2) is 41.3 Å². The summed E-state index contributed by atoms with van der Waals surface area (Å²) in [5.41, 5.74) is 3.17. The van der Waals surface area contributed by atoms with E-state index in [0.717, 1.165) is 11.0 Å². The molecule has 3 rings (SSSR count). The number of H-pyrrole nitrogens is 1. The van der Waals surface area contributed by atoms with Gasteiger partial charge in [0.25, 0.3) is 5.91 Å². The first-order valence-electron chi connectivity index (χ1n) is 8.97. The fourth-order valence-electron chi connectivity index (χ4n) is 3.15. The van der Waals surface area contributed by atoms with Gasteiger partial charge in [-0.15, -0.1) is 0 Å². The zero-order valence-corrected chi connectivity index (χ0v) is 17.1. The van der Waals surface area contributed by atoms with E-state index in [1.807, 2.05) is 38.1 Å². The van der Waals surface area contributed by atoms with Gasteiger partial charge in [0.15, 0.2) is 0 Å². The molecule has 1 aromatic heterocycles. The summed E-state index contributed by atoms with van der Waals surface area (Å²) in [6.07, 6.45) is 0. The molecule has 0 aliphatic heterocycles. The number of primary sulfonamides is 1. The van der Waals surface area contributed by atoms with Gasteiger partial charge in [0, 0.05) is 5.56 Å². The predicted octanol–water partition coefficient (Wildman–Crippen LogP) is 2.95. The number of fused-ring (bicyclic) bond motifs is 1. The Morgan fingerprint density at radius 2 is 1.86 bits per heavy atom. The number of imidazole rings is 1. The minimum Gasteiger partial charge on any atom is -0.342 e. The van der Waals surface area contributed by atoms with Crippen LogP contribution in [0.25, 0.3) is 11.0 Å². The topological polar surface area (TPSA) is 118 Å². The average molecular weight is 401 g/mol. The molecule has 8 heteroatoms. The van der Waals surface area contributed by atoms with Gasteiger partial charge in [-0.1, -0.05) is 26.0 Å². The van der Waals surface area contributed by atoms with E-state index >= 15 is 0 Å². The third-order valence-corrected chi connectivity index (χ3v) is 5.88. The molecule has 148 valence electrons. The second kappa shape index (κ2) is 7.37. The lowest BCUT2D eigenvalue weighted by atomic mass is 10.0. The smallest absolute Gasteiger partial charge is 0.251 e. The molecule has 7 nitrogen and oxygen atoms in total. The van der Waals surface area contributed by atoms with E-state index in [1.165, 1.54) is 6.07 Å². The summed E-state index contributed by atoms with van der Waals surface area (Å²) in [5, 5.41) is 8.27. The number of rotatable bonds is 5. The first kappa shape index (κ1) is 20.0. The van der Waals surface area contributed by atoms with E-state index in [4.69, 9.17) is 5.14 Å². The van der Waals surface area contributed by atoms with Gasteiger partial charge in [-0.05, 0) is 55.2 Å². The normalized spacial score (nSPS) is 13.1. The molecule has 0 fully saturated rings. The number of hydrogen-bond donors (Lipinski definition) is 3. The van der Waals surface area contributed by atoms with Crippen molar-refractivity contribution in [2.75, 3.05) is 0 Å². The fraction of sp³-hybridized carbons (Fsp3) is 0.300. The fourth-order valence-corrected chi connectivity index (χ4v) is 4.03. The summed E-state index contributed by atoms with van der Waals surface area (Å²) >= 11 is 0. The SMILES string of the molecule is Cc1cc(C(=O)NC(c2nc3ccccc3[nH]2)C(C)C)cc(S(N)(=O)=O)c1C. The summed E-state index contributed by atoms with van der Waals surface area (Å²) in [7, 11) is -3.92. The Hall–Kier alpha value is -2.71. The van der Waals surface area contributed by atoms with Gasteiger partial charge in [-0.2, -0.15) is 0 Å². The molecule has 1 unspecified atom stereocenters. The molecule has 28 heavy (non-hydrogen) atoms. The van der Waals surface area contributed by atoms with E-state index in [0.29, 0.717) is 17.0 Å². The monoisotopic (exact) mass is 400 g/mol. The van der Waals surface area contributed by atoms with E-state index in [2.05, 4.69) is 15.3 Å². The van der Waals surface area contributed by atoms with E-state index in [1.54, 1.807) is 19.9 Å². The molecule has 3 aromatic rings. The highest BCUT2D eigenvalue weighted by Crippen LogP contribution is 2.24. The number of sulfonamides is 1. The van der Waals surface area contributed by atoms with Crippen molar-refractivity contribution in [2.24, 2.45) is 11.1 Å². The maximum absolute atomic E-state index is 12.9. The molecular formula is C20H24N4O3S. The number of hydrogen-bond acceptors (Lipinski definition) is 4. The van der Waals surface area contributed by atoms with E-state index in [9.17, 15) is 13.2 Å². The number of nitrogens with zero attached hydrogens (tertiary/aromatic N) is 1. The molecule has 0 aliphatic carbocycles. The second-order valence-corrected chi connectivity index (χ2v) is 8.83. The molecule has 0 spiro atoms. The van der Waals surface area contributed by atoms with Crippen LogP contribution in [0.1, 0.15) is 47.2 Å². The zero-order chi connectivity index (χ0) is 20.6. The van der Waals surface area contributed by atoms with Crippen molar-refractivity contribution >= 4 is 27.0 Å². The van der Waals surface area contributed by atoms with Crippen LogP contribution in [0.2, 0.25) is 0 Å². The van der Waals surface area contributed by atoms with Crippen molar-refractivity contribution in [1.29, 1.82) is 0 Å². The average Bonchev–Trinajstić information content (AvgIpc) is 3.03. The molecular weight excluding hydrogens is 376 g/mol. The number of amides is 1. The molecule has 4 N–H and O–H groups in total. The molecule has 0 saturated heterocycles. The van der Waals surface area contributed by atoms with Gasteiger partial charge in [0.2, 0.25) is 10.0 Å². The zero-order valence-electron chi connectivity index (χ0n) is 16.3. The highest BCUT2D eigenvalue weighted by atomic mass is 32.2. The Bertz CT molecular complexity index is 1120. The maximum Gasteiger partial charge on any atom is 0.251 e. The number of aromatic amines is 1. The molecule has 1 amide bonds. The Labute approximate surface area is 164 Å². The molecule has 0 saturated carbocycles. The van der Waals surface area contributed by atoms with Crippen LogP contribution in [0.5, 0.6) is 0 Å². The van der Waals surface area contributed by atoms with Gasteiger partial charge < -0.3 is 10.3 Å². The lowest BCUT2D eigenvalue weighted by Crippen LogP contribution is -2.32. The predicted molar refractivity (Wildman–Crippen MR) is 108 cm³/mol. The van der Waals surface area contributed by atoms with Crippen LogP contribution < -0.4 is 10.5 Å². The van der Waals surface area contributed by atoms with Crippen LogP contribution in [0.4, 0.5) is 0 Å². The largest absolute Gasteiger partial charge is 0.342 e. The van der Waals surface area contributed by atoms with Gasteiger partial charge in [0.05, 0.1) is 22.0 Å². The Kier molecular flexibility index (Phi) is 5.27. The number of carbonyl (C=O) groups excluding carboxylic acids is 1. The lowest BCUT2D eigenvalue weighted by molar-refractivity contribution is 0.0923. The summed E-state index contributed by atoms with van der Waals surface area (Å²) in [4.78, 5) is 20.7. The minimum absolute atomic E-state index is 0.0394. The number of para-hydroxylation sites is 2. The minimum atomic E-state index is -3.92. The molecule has 1 heterocycles. The van der Waals surface area contributed by atoms with Gasteiger partial charge in [0.1, 0.15) is 5.82 Å². The summed E-state index contributed by atoms with van der Waals surface area (Å²) in [6.45, 7) is 7.38. The Balaban J connectivity index is 1.96. The van der Waals surface area contributed by atoms with Gasteiger partial charge in [-0.3, -0.25) is 4.79 Å². The number of carbonyl (C=O) groups is 1. The molecule has 0 aliphatic rings. The van der Waals surface area contributed by atoms with Crippen LogP contribution in [0, 0.1) is 19.8 Å². The number of nitrogens with two attached hydrogens (primary N) is 1. The number of benzene rings is 2. The van der Waals surface area contributed by atoms with E-state index in [-0.39, 0.29) is 28.3 Å². The molecule has 2 aromatic carbocycles. The van der Waals surface area contributed by atoms with Crippen molar-refractivity contribution in [2.45, 2.75) is 38.6 Å². The first-order valence-corrected chi connectivity index (χ1v) is 10.5. The molecule has 0 bridgehead atoms. The molecule has 0 radical (unpaired) electrons. The van der Waals surface area contributed by atoms with Gasteiger partial charge >= 0.3 is 0 Å². The summed E-state index contributed by atoms with van der Waals surface area (Å²) < 4.78 is 23.7. The van der Waals surface area contributed by atoms with Crippen molar-refractivity contribution in [3.05, 3.63) is 58.9 Å². The quantitative estimate of drug-likeness (QED) is 0.610. The highest BCUT2D eigenvalue weighted by molar-refractivity contribution is 7.89. The molecule has 1 atom stereocenters. The summed E-state index contributed by atoms with van der Waals surface area (Å²) in [6, 6.07) is 10.3. The Morgan fingerprint density at radius 1 is 1.18 bits per heavy atom. The Morgan fingerprint density at radius 3 is 2.46 bits per heavy atom. The van der Waals surface area contributed by atoms with Gasteiger partial charge in [-0.25, -0.2) is 18.5 Å². The van der Waals surface area contributed by atoms with Crippen LogP contribution in [-0.4, -0.2) is 24.3 Å². The maximum atomic E-state index is 12.9. The van der Waals surface area contributed by atoms with Crippen molar-refractivity contribution in [1.82, 2.24) is 15.3 Å². The third-order valence-electron chi connectivity index (χ3n) is 4.84. The number of aryl methyl sites for hydroxylation is 1.